The van der Waals surface area contributed by atoms with E-state index in [9.17, 15) is 9.59 Å². The smallest absolute Gasteiger partial charge is 0.344 e. The molecule has 8 heteroatoms. The number of aryl methyl sites for hydroxylation is 2. The number of ether oxygens (including phenoxy) is 2. The molecular weight excluding hydrogens is 354 g/mol. The van der Waals surface area contributed by atoms with Crippen LogP contribution in [-0.4, -0.2) is 27.2 Å². The first kappa shape index (κ1) is 18.1. The van der Waals surface area contributed by atoms with Gasteiger partial charge in [-0.25, -0.2) is 9.78 Å². The van der Waals surface area contributed by atoms with Crippen LogP contribution in [0.15, 0.2) is 35.1 Å². The lowest BCUT2D eigenvalue weighted by Crippen LogP contribution is -2.18. The first-order valence-corrected chi connectivity index (χ1v) is 9.11. The van der Waals surface area contributed by atoms with Crippen LogP contribution >= 0.6 is 11.3 Å². The summed E-state index contributed by atoms with van der Waals surface area (Å²) in [5, 5.41) is 5.10. The lowest BCUT2D eigenvalue weighted by molar-refractivity contribution is -0.147. The fraction of sp³-hybridized carbons (Fsp3) is 0.333. The quantitative estimate of drug-likeness (QED) is 0.592. The molecule has 0 N–H and O–H groups in total. The number of rotatable bonds is 7. The minimum absolute atomic E-state index is 0.0806. The molecule has 26 heavy (non-hydrogen) atoms. The minimum atomic E-state index is -0.522. The number of esters is 1. The van der Waals surface area contributed by atoms with Crippen molar-refractivity contribution >= 4 is 22.3 Å². The number of hydrogen-bond donors (Lipinski definition) is 0. The van der Waals surface area contributed by atoms with Gasteiger partial charge in [0, 0.05) is 12.5 Å². The van der Waals surface area contributed by atoms with Gasteiger partial charge in [-0.05, 0) is 25.0 Å². The summed E-state index contributed by atoms with van der Waals surface area (Å²) < 4.78 is 11.9. The standard InChI is InChI=1S/C18H19N3O4S/c1-3-6-15-20-21-16(22)9-13(19-18(21)26-15)10-25-17(23)11-24-14-8-5-4-7-12(14)2/h4-5,7-9H,3,6,10-11H2,1-2H3. The number of carbonyl (C=O) groups is 1. The molecule has 7 nitrogen and oxygen atoms in total. The number of aromatic nitrogens is 3. The first-order valence-electron chi connectivity index (χ1n) is 8.29. The van der Waals surface area contributed by atoms with E-state index in [4.69, 9.17) is 9.47 Å². The summed E-state index contributed by atoms with van der Waals surface area (Å²) in [6.07, 6.45) is 1.74. The number of para-hydroxylation sites is 1. The van der Waals surface area contributed by atoms with Crippen LogP contribution in [0.5, 0.6) is 5.75 Å². The van der Waals surface area contributed by atoms with Gasteiger partial charge in [-0.3, -0.25) is 4.79 Å². The maximum absolute atomic E-state index is 12.1. The number of carbonyl (C=O) groups excluding carboxylic acids is 1. The van der Waals surface area contributed by atoms with Crippen molar-refractivity contribution in [3.63, 3.8) is 0 Å². The molecule has 0 aliphatic carbocycles. The third-order valence-corrected chi connectivity index (χ3v) is 4.59. The van der Waals surface area contributed by atoms with Crippen LogP contribution in [0.3, 0.4) is 0 Å². The molecule has 0 fully saturated rings. The number of nitrogens with zero attached hydrogens (tertiary/aromatic N) is 3. The fourth-order valence-corrected chi connectivity index (χ4v) is 3.36. The van der Waals surface area contributed by atoms with Gasteiger partial charge in [-0.2, -0.15) is 9.61 Å². The van der Waals surface area contributed by atoms with Crippen LogP contribution < -0.4 is 10.3 Å². The third-order valence-electron chi connectivity index (χ3n) is 3.62. The average Bonchev–Trinajstić information content (AvgIpc) is 3.03. The Kier molecular flexibility index (Phi) is 5.62. The van der Waals surface area contributed by atoms with E-state index in [1.165, 1.54) is 21.9 Å². The Morgan fingerprint density at radius 3 is 2.88 bits per heavy atom. The maximum atomic E-state index is 12.1. The van der Waals surface area contributed by atoms with Crippen molar-refractivity contribution in [3.05, 3.63) is 57.0 Å². The molecule has 0 atom stereocenters. The highest BCUT2D eigenvalue weighted by Gasteiger charge is 2.11. The Bertz CT molecular complexity index is 980. The molecule has 0 unspecified atom stereocenters. The Balaban J connectivity index is 1.61. The molecule has 2 heterocycles. The van der Waals surface area contributed by atoms with E-state index in [1.807, 2.05) is 32.0 Å². The van der Waals surface area contributed by atoms with Gasteiger partial charge in [0.2, 0.25) is 4.96 Å². The van der Waals surface area contributed by atoms with Crippen LogP contribution in [0, 0.1) is 6.92 Å². The highest BCUT2D eigenvalue weighted by atomic mass is 32.1. The molecule has 0 saturated carbocycles. The molecule has 3 aromatic rings. The number of hydrogen-bond acceptors (Lipinski definition) is 7. The molecule has 0 bridgehead atoms. The summed E-state index contributed by atoms with van der Waals surface area (Å²) in [5.41, 5.74) is 1.05. The molecule has 0 spiro atoms. The molecule has 0 aliphatic rings. The van der Waals surface area contributed by atoms with Crippen LogP contribution in [0.2, 0.25) is 0 Å². The molecule has 0 amide bonds. The van der Waals surface area contributed by atoms with Crippen molar-refractivity contribution in [1.29, 1.82) is 0 Å². The average molecular weight is 373 g/mol. The summed E-state index contributed by atoms with van der Waals surface area (Å²) in [6.45, 7) is 3.66. The van der Waals surface area contributed by atoms with E-state index in [0.717, 1.165) is 23.4 Å². The van der Waals surface area contributed by atoms with Gasteiger partial charge in [-0.1, -0.05) is 36.5 Å². The molecule has 1 aromatic carbocycles. The Morgan fingerprint density at radius 1 is 1.31 bits per heavy atom. The van der Waals surface area contributed by atoms with E-state index < -0.39 is 5.97 Å². The first-order chi connectivity index (χ1) is 12.6. The lowest BCUT2D eigenvalue weighted by Gasteiger charge is -2.08. The van der Waals surface area contributed by atoms with Crippen molar-refractivity contribution in [2.24, 2.45) is 0 Å². The van der Waals surface area contributed by atoms with Gasteiger partial charge in [0.25, 0.3) is 5.56 Å². The molecular formula is C18H19N3O4S. The Hall–Kier alpha value is -2.74. The summed E-state index contributed by atoms with van der Waals surface area (Å²) in [7, 11) is 0. The molecule has 0 radical (unpaired) electrons. The van der Waals surface area contributed by atoms with E-state index >= 15 is 0 Å². The maximum Gasteiger partial charge on any atom is 0.344 e. The molecule has 0 aliphatic heterocycles. The van der Waals surface area contributed by atoms with Crippen molar-refractivity contribution in [2.75, 3.05) is 6.61 Å². The van der Waals surface area contributed by atoms with Crippen molar-refractivity contribution in [3.8, 4) is 5.75 Å². The summed E-state index contributed by atoms with van der Waals surface area (Å²) >= 11 is 1.37. The lowest BCUT2D eigenvalue weighted by atomic mass is 10.2. The van der Waals surface area contributed by atoms with Gasteiger partial charge >= 0.3 is 5.97 Å². The van der Waals surface area contributed by atoms with Crippen LogP contribution in [-0.2, 0) is 22.6 Å². The zero-order valence-electron chi connectivity index (χ0n) is 14.6. The zero-order chi connectivity index (χ0) is 18.5. The normalized spacial score (nSPS) is 10.8. The van der Waals surface area contributed by atoms with Crippen molar-refractivity contribution in [1.82, 2.24) is 14.6 Å². The SMILES string of the molecule is CCCc1nn2c(=O)cc(COC(=O)COc3ccccc3C)nc2s1. The third kappa shape index (κ3) is 4.26. The van der Waals surface area contributed by atoms with Gasteiger partial charge in [-0.15, -0.1) is 0 Å². The summed E-state index contributed by atoms with van der Waals surface area (Å²) in [6, 6.07) is 8.75. The second-order valence-electron chi connectivity index (χ2n) is 5.74. The van der Waals surface area contributed by atoms with E-state index in [0.29, 0.717) is 16.4 Å². The predicted octanol–water partition coefficient (Wildman–Crippen LogP) is 2.53. The van der Waals surface area contributed by atoms with Gasteiger partial charge in [0.15, 0.2) is 6.61 Å². The number of fused-ring (bicyclic) bond motifs is 1. The van der Waals surface area contributed by atoms with Gasteiger partial charge in [0.05, 0.1) is 5.69 Å². The summed E-state index contributed by atoms with van der Waals surface area (Å²) in [5.74, 6) is 0.113. The highest BCUT2D eigenvalue weighted by Crippen LogP contribution is 2.16. The Labute approximate surface area is 154 Å². The molecule has 3 rings (SSSR count). The minimum Gasteiger partial charge on any atom is -0.482 e. The number of benzene rings is 1. The van der Waals surface area contributed by atoms with E-state index in [2.05, 4.69) is 10.1 Å². The van der Waals surface area contributed by atoms with Gasteiger partial charge < -0.3 is 9.47 Å². The molecule has 2 aromatic heterocycles. The Morgan fingerprint density at radius 2 is 2.12 bits per heavy atom. The highest BCUT2D eigenvalue weighted by molar-refractivity contribution is 7.16. The van der Waals surface area contributed by atoms with Crippen LogP contribution in [0.25, 0.3) is 4.96 Å². The predicted molar refractivity (Wildman–Crippen MR) is 97.6 cm³/mol. The monoisotopic (exact) mass is 373 g/mol. The fourth-order valence-electron chi connectivity index (χ4n) is 2.34. The van der Waals surface area contributed by atoms with Crippen LogP contribution in [0.4, 0.5) is 0 Å². The summed E-state index contributed by atoms with van der Waals surface area (Å²) in [4.78, 5) is 28.8. The van der Waals surface area contributed by atoms with Crippen molar-refractivity contribution < 1.29 is 14.3 Å². The van der Waals surface area contributed by atoms with E-state index in [1.54, 1.807) is 6.07 Å². The van der Waals surface area contributed by atoms with Gasteiger partial charge in [0.1, 0.15) is 17.4 Å². The van der Waals surface area contributed by atoms with Crippen LogP contribution in [0.1, 0.15) is 29.6 Å². The largest absolute Gasteiger partial charge is 0.482 e. The second-order valence-corrected chi connectivity index (χ2v) is 6.78. The molecule has 0 saturated heterocycles. The second kappa shape index (κ2) is 8.09. The topological polar surface area (TPSA) is 82.8 Å². The molecule has 136 valence electrons. The van der Waals surface area contributed by atoms with Crippen molar-refractivity contribution in [2.45, 2.75) is 33.3 Å². The van der Waals surface area contributed by atoms with E-state index in [-0.39, 0.29) is 18.8 Å². The zero-order valence-corrected chi connectivity index (χ0v) is 15.4.